The molecule has 0 spiro atoms. The monoisotopic (exact) mass is 645 g/mol. The molecule has 9 atom stereocenters. The summed E-state index contributed by atoms with van der Waals surface area (Å²) in [6.07, 6.45) is 10.0. The number of esters is 1. The first-order valence-corrected chi connectivity index (χ1v) is 17.7. The topological polar surface area (TPSA) is 110 Å². The van der Waals surface area contributed by atoms with Crippen molar-refractivity contribution in [3.8, 4) is 0 Å². The summed E-state index contributed by atoms with van der Waals surface area (Å²) in [7, 11) is 1.49. The maximum Gasteiger partial charge on any atom is 0.336 e. The van der Waals surface area contributed by atoms with Crippen molar-refractivity contribution >= 4 is 23.6 Å². The van der Waals surface area contributed by atoms with E-state index in [1.54, 1.807) is 18.2 Å². The molecule has 5 aliphatic carbocycles. The first-order valence-electron chi connectivity index (χ1n) is 17.7. The molecule has 1 unspecified atom stereocenters. The molecule has 4 fully saturated rings. The Kier molecular flexibility index (Phi) is 7.59. The lowest BCUT2D eigenvalue weighted by Gasteiger charge is -2.72. The number of carboxylic acid groups (broad SMARTS) is 1. The van der Waals surface area contributed by atoms with E-state index in [2.05, 4.69) is 60.7 Å². The fraction of sp³-hybridized carbons (Fsp3) is 0.700. The fourth-order valence-electron chi connectivity index (χ4n) is 12.6. The van der Waals surface area contributed by atoms with Gasteiger partial charge in [0.1, 0.15) is 0 Å². The van der Waals surface area contributed by atoms with Crippen molar-refractivity contribution in [2.45, 2.75) is 119 Å². The van der Waals surface area contributed by atoms with Crippen LogP contribution in [0.25, 0.3) is 0 Å². The van der Waals surface area contributed by atoms with Crippen LogP contribution in [-0.4, -0.2) is 41.9 Å². The van der Waals surface area contributed by atoms with Gasteiger partial charge in [-0.25, -0.2) is 4.79 Å². The summed E-state index contributed by atoms with van der Waals surface area (Å²) < 4.78 is 5.33. The van der Waals surface area contributed by atoms with Gasteiger partial charge in [0.15, 0.2) is 5.78 Å². The third-order valence-corrected chi connectivity index (χ3v) is 15.7. The van der Waals surface area contributed by atoms with Gasteiger partial charge in [0.25, 0.3) is 5.91 Å². The number of allylic oxidation sites excluding steroid dienone is 2. The molecule has 1 amide bonds. The van der Waals surface area contributed by atoms with E-state index in [9.17, 15) is 24.3 Å². The highest BCUT2D eigenvalue weighted by atomic mass is 16.5. The molecular formula is C40H55NO6. The van der Waals surface area contributed by atoms with E-state index in [0.717, 1.165) is 51.4 Å². The summed E-state index contributed by atoms with van der Waals surface area (Å²) in [5.74, 6) is -1.33. The van der Waals surface area contributed by atoms with E-state index in [4.69, 9.17) is 4.74 Å². The smallest absolute Gasteiger partial charge is 0.336 e. The molecule has 47 heavy (non-hydrogen) atoms. The van der Waals surface area contributed by atoms with Crippen LogP contribution < -0.4 is 5.32 Å². The Morgan fingerprint density at radius 1 is 0.830 bits per heavy atom. The van der Waals surface area contributed by atoms with Gasteiger partial charge in [0.2, 0.25) is 0 Å². The molecule has 4 saturated carbocycles. The average molecular weight is 646 g/mol. The van der Waals surface area contributed by atoms with Crippen molar-refractivity contribution in [2.24, 2.45) is 49.7 Å². The molecule has 2 N–H and O–H groups in total. The second-order valence-electron chi connectivity index (χ2n) is 18.1. The summed E-state index contributed by atoms with van der Waals surface area (Å²) in [5.41, 5.74) is -0.414. The van der Waals surface area contributed by atoms with Crippen molar-refractivity contribution in [3.05, 3.63) is 47.0 Å². The van der Waals surface area contributed by atoms with Crippen LogP contribution >= 0.6 is 0 Å². The maximum absolute atomic E-state index is 14.8. The Bertz CT molecular complexity index is 1580. The Labute approximate surface area is 280 Å². The minimum absolute atomic E-state index is 0.00247. The van der Waals surface area contributed by atoms with Crippen molar-refractivity contribution in [1.82, 2.24) is 5.32 Å². The molecule has 7 heteroatoms. The second kappa shape index (κ2) is 10.5. The highest BCUT2D eigenvalue weighted by Gasteiger charge is 2.72. The van der Waals surface area contributed by atoms with Crippen LogP contribution in [0.3, 0.4) is 0 Å². The van der Waals surface area contributed by atoms with Crippen molar-refractivity contribution in [3.63, 3.8) is 0 Å². The number of benzene rings is 1. The van der Waals surface area contributed by atoms with Crippen LogP contribution in [0.4, 0.5) is 0 Å². The van der Waals surface area contributed by atoms with Crippen LogP contribution in [-0.2, 0) is 14.3 Å². The molecule has 0 saturated heterocycles. The van der Waals surface area contributed by atoms with E-state index in [1.807, 2.05) is 6.08 Å². The van der Waals surface area contributed by atoms with Crippen molar-refractivity contribution < 1.29 is 29.0 Å². The molecule has 6 rings (SSSR count). The van der Waals surface area contributed by atoms with Crippen LogP contribution in [0.1, 0.15) is 134 Å². The number of hydrogen-bond donors (Lipinski definition) is 2. The molecule has 0 aliphatic heterocycles. The minimum atomic E-state index is -1.12. The SMILES string of the molecule is COC(=O)[C@@]1(C)CC[C@]2(C)CC[C@]3(C)C(=CC(=O)[C@@H]4[C@@]5(C)CCC(NC(=O)c6ccccc6C(=O)O)C(C)(C)[C@@H]5CC[C@]43C)[C@]2(C)C1. The summed E-state index contributed by atoms with van der Waals surface area (Å²) in [6, 6.07) is 6.23. The number of fused-ring (bicyclic) bond motifs is 7. The molecular weight excluding hydrogens is 590 g/mol. The molecule has 0 radical (unpaired) electrons. The van der Waals surface area contributed by atoms with Gasteiger partial charge in [0.05, 0.1) is 23.7 Å². The number of carbonyl (C=O) groups is 4. The van der Waals surface area contributed by atoms with Gasteiger partial charge in [0, 0.05) is 12.0 Å². The van der Waals surface area contributed by atoms with Gasteiger partial charge in [-0.1, -0.05) is 66.2 Å². The number of ketones is 1. The predicted octanol–water partition coefficient (Wildman–Crippen LogP) is 8.03. The summed E-state index contributed by atoms with van der Waals surface area (Å²) in [4.78, 5) is 53.3. The van der Waals surface area contributed by atoms with Gasteiger partial charge >= 0.3 is 11.9 Å². The number of carboxylic acids is 1. The number of carbonyl (C=O) groups excluding carboxylic acids is 3. The van der Waals surface area contributed by atoms with Crippen molar-refractivity contribution in [2.75, 3.05) is 7.11 Å². The first kappa shape index (κ1) is 33.9. The number of rotatable bonds is 4. The van der Waals surface area contributed by atoms with Gasteiger partial charge in [-0.15, -0.1) is 0 Å². The van der Waals surface area contributed by atoms with Gasteiger partial charge < -0.3 is 15.2 Å². The molecule has 5 aliphatic rings. The lowest BCUT2D eigenvalue weighted by atomic mass is 9.31. The number of hydrogen-bond acceptors (Lipinski definition) is 5. The molecule has 1 aromatic carbocycles. The van der Waals surface area contributed by atoms with E-state index >= 15 is 0 Å². The highest BCUT2D eigenvalue weighted by molar-refractivity contribution is 6.05. The lowest BCUT2D eigenvalue weighted by Crippen LogP contribution is -2.68. The Hall–Kier alpha value is -2.96. The molecule has 256 valence electrons. The van der Waals surface area contributed by atoms with Crippen LogP contribution in [0.2, 0.25) is 0 Å². The van der Waals surface area contributed by atoms with E-state index < -0.39 is 11.4 Å². The van der Waals surface area contributed by atoms with E-state index in [1.165, 1.54) is 18.7 Å². The van der Waals surface area contributed by atoms with E-state index in [0.29, 0.717) is 6.42 Å². The lowest BCUT2D eigenvalue weighted by molar-refractivity contribution is -0.196. The second-order valence-corrected chi connectivity index (χ2v) is 18.1. The number of methoxy groups -OCH3 is 1. The maximum atomic E-state index is 14.8. The van der Waals surface area contributed by atoms with Crippen LogP contribution in [0.15, 0.2) is 35.9 Å². The zero-order valence-corrected chi connectivity index (χ0v) is 30.0. The predicted molar refractivity (Wildman–Crippen MR) is 181 cm³/mol. The number of ether oxygens (including phenoxy) is 1. The Morgan fingerprint density at radius 3 is 2.11 bits per heavy atom. The minimum Gasteiger partial charge on any atom is -0.478 e. The number of amides is 1. The standard InChI is InChI=1S/C40H55NO6/c1-34(2)27-14-17-39(7)30(37(27,5)16-15-29(34)41-31(43)24-12-10-11-13-25(24)32(44)45)26(42)22-28-38(39,6)21-20-36(4)19-18-35(3,33(46)47-9)23-40(28,36)8/h10-13,22,27,29-30H,14-21,23H2,1-9H3,(H,41,43)(H,44,45)/t27-,29?,30+,35-,36+,37-,38+,39+,40-/m0/s1. The molecule has 1 aromatic rings. The van der Waals surface area contributed by atoms with E-state index in [-0.39, 0.29) is 79.2 Å². The third kappa shape index (κ3) is 4.42. The number of aromatic carboxylic acids is 1. The van der Waals surface area contributed by atoms with Crippen LogP contribution in [0, 0.1) is 49.7 Å². The summed E-state index contributed by atoms with van der Waals surface area (Å²) >= 11 is 0. The number of nitrogens with one attached hydrogen (secondary N) is 1. The average Bonchev–Trinajstić information content (AvgIpc) is 3.00. The largest absolute Gasteiger partial charge is 0.478 e. The summed E-state index contributed by atoms with van der Waals surface area (Å²) in [6.45, 7) is 18.4. The zero-order valence-electron chi connectivity index (χ0n) is 30.0. The van der Waals surface area contributed by atoms with Crippen LogP contribution in [0.5, 0.6) is 0 Å². The fourth-order valence-corrected chi connectivity index (χ4v) is 12.6. The Morgan fingerprint density at radius 2 is 1.47 bits per heavy atom. The summed E-state index contributed by atoms with van der Waals surface area (Å²) in [5, 5.41) is 12.9. The zero-order chi connectivity index (χ0) is 34.6. The third-order valence-electron chi connectivity index (χ3n) is 15.7. The quantitative estimate of drug-likeness (QED) is 0.321. The van der Waals surface area contributed by atoms with Gasteiger partial charge in [-0.05, 0) is 121 Å². The Balaban J connectivity index is 1.35. The normalized spacial score (nSPS) is 43.6. The molecule has 0 heterocycles. The van der Waals surface area contributed by atoms with Gasteiger partial charge in [-0.2, -0.15) is 0 Å². The molecule has 7 nitrogen and oxygen atoms in total. The highest BCUT2D eigenvalue weighted by Crippen LogP contribution is 2.77. The van der Waals surface area contributed by atoms with Gasteiger partial charge in [-0.3, -0.25) is 14.4 Å². The first-order chi connectivity index (χ1) is 21.7. The molecule has 0 aromatic heterocycles. The van der Waals surface area contributed by atoms with Crippen molar-refractivity contribution in [1.29, 1.82) is 0 Å². The molecule has 0 bridgehead atoms.